The fourth-order valence-corrected chi connectivity index (χ4v) is 3.81. The summed E-state index contributed by atoms with van der Waals surface area (Å²) >= 11 is 1.69. The fraction of sp³-hybridized carbons (Fsp3) is 0.136. The standard InChI is InChI=1S/C22H21N5O2S/c28-21(23-12-14-30-19-9-2-1-3-10-19)24-18-8-6-7-17(15-18)16-27-22(29)26-13-5-4-11-20(26)25-27/h1-11,13,15H,12,14,16H2,(H2,23,24,28). The van der Waals surface area contributed by atoms with Crippen LogP contribution in [-0.4, -0.2) is 32.5 Å². The van der Waals surface area contributed by atoms with E-state index < -0.39 is 0 Å². The van der Waals surface area contributed by atoms with Crippen LogP contribution in [-0.2, 0) is 6.54 Å². The Labute approximate surface area is 177 Å². The number of amides is 2. The molecule has 2 aromatic carbocycles. The Morgan fingerprint density at radius 2 is 1.83 bits per heavy atom. The minimum Gasteiger partial charge on any atom is -0.337 e. The Bertz CT molecular complexity index is 1200. The van der Waals surface area contributed by atoms with Gasteiger partial charge in [0, 0.05) is 29.1 Å². The number of anilines is 1. The van der Waals surface area contributed by atoms with Crippen LogP contribution in [0.4, 0.5) is 10.5 Å². The summed E-state index contributed by atoms with van der Waals surface area (Å²) in [5, 5.41) is 10.0. The number of nitrogens with one attached hydrogen (secondary N) is 2. The van der Waals surface area contributed by atoms with Gasteiger partial charge in [-0.25, -0.2) is 14.3 Å². The first-order chi connectivity index (χ1) is 14.7. The van der Waals surface area contributed by atoms with Gasteiger partial charge in [0.25, 0.3) is 0 Å². The molecule has 0 aliphatic carbocycles. The summed E-state index contributed by atoms with van der Waals surface area (Å²) in [6.07, 6.45) is 1.69. The zero-order valence-electron chi connectivity index (χ0n) is 16.2. The molecule has 0 radical (unpaired) electrons. The van der Waals surface area contributed by atoms with Gasteiger partial charge in [-0.05, 0) is 42.0 Å². The molecule has 8 heteroatoms. The first-order valence-corrected chi connectivity index (χ1v) is 10.5. The molecule has 0 saturated carbocycles. The van der Waals surface area contributed by atoms with Crippen molar-refractivity contribution in [3.63, 3.8) is 0 Å². The number of hydrogen-bond acceptors (Lipinski definition) is 4. The lowest BCUT2D eigenvalue weighted by atomic mass is 10.2. The van der Waals surface area contributed by atoms with Crippen molar-refractivity contribution in [2.75, 3.05) is 17.6 Å². The third kappa shape index (κ3) is 4.90. The van der Waals surface area contributed by atoms with Crippen LogP contribution in [0, 0.1) is 0 Å². The van der Waals surface area contributed by atoms with E-state index in [2.05, 4.69) is 15.7 Å². The first kappa shape index (κ1) is 19.8. The van der Waals surface area contributed by atoms with Crippen LogP contribution in [0.3, 0.4) is 0 Å². The molecular formula is C22H21N5O2S. The largest absolute Gasteiger partial charge is 0.350 e. The van der Waals surface area contributed by atoms with Crippen LogP contribution in [0.2, 0.25) is 0 Å². The molecule has 2 heterocycles. The number of pyridine rings is 1. The maximum atomic E-state index is 12.4. The second-order valence-electron chi connectivity index (χ2n) is 6.61. The van der Waals surface area contributed by atoms with Crippen LogP contribution in [0.1, 0.15) is 5.56 Å². The van der Waals surface area contributed by atoms with Gasteiger partial charge in [-0.3, -0.25) is 4.40 Å². The van der Waals surface area contributed by atoms with Crippen LogP contribution < -0.4 is 16.3 Å². The third-order valence-corrected chi connectivity index (χ3v) is 5.42. The highest BCUT2D eigenvalue weighted by Gasteiger charge is 2.08. The van der Waals surface area contributed by atoms with Crippen LogP contribution in [0.25, 0.3) is 5.65 Å². The van der Waals surface area contributed by atoms with E-state index in [1.54, 1.807) is 30.1 Å². The highest BCUT2D eigenvalue weighted by Crippen LogP contribution is 2.16. The van der Waals surface area contributed by atoms with Crippen molar-refractivity contribution in [3.05, 3.63) is 95.0 Å². The van der Waals surface area contributed by atoms with E-state index in [0.717, 1.165) is 11.3 Å². The summed E-state index contributed by atoms with van der Waals surface area (Å²) < 4.78 is 2.92. The predicted octanol–water partition coefficient (Wildman–Crippen LogP) is 3.46. The number of fused-ring (bicyclic) bond motifs is 1. The third-order valence-electron chi connectivity index (χ3n) is 4.41. The van der Waals surface area contributed by atoms with E-state index in [-0.39, 0.29) is 11.7 Å². The predicted molar refractivity (Wildman–Crippen MR) is 119 cm³/mol. The molecule has 7 nitrogen and oxygen atoms in total. The van der Waals surface area contributed by atoms with E-state index >= 15 is 0 Å². The Morgan fingerprint density at radius 1 is 1.00 bits per heavy atom. The average molecular weight is 420 g/mol. The van der Waals surface area contributed by atoms with E-state index in [9.17, 15) is 9.59 Å². The monoisotopic (exact) mass is 419 g/mol. The van der Waals surface area contributed by atoms with Gasteiger partial charge in [0.1, 0.15) is 0 Å². The van der Waals surface area contributed by atoms with Gasteiger partial charge in [0.05, 0.1) is 6.54 Å². The molecule has 0 aliphatic rings. The van der Waals surface area contributed by atoms with Crippen LogP contribution in [0.5, 0.6) is 0 Å². The quantitative estimate of drug-likeness (QED) is 0.355. The summed E-state index contributed by atoms with van der Waals surface area (Å²) in [5.41, 5.74) is 1.94. The molecule has 0 fully saturated rings. The van der Waals surface area contributed by atoms with Crippen molar-refractivity contribution < 1.29 is 4.79 Å². The Balaban J connectivity index is 1.32. The van der Waals surface area contributed by atoms with Gasteiger partial charge in [-0.1, -0.05) is 36.4 Å². The molecule has 4 aromatic rings. The minimum absolute atomic E-state index is 0.197. The lowest BCUT2D eigenvalue weighted by Gasteiger charge is -2.09. The molecule has 0 spiro atoms. The highest BCUT2D eigenvalue weighted by atomic mass is 32.2. The molecule has 152 valence electrons. The van der Waals surface area contributed by atoms with Crippen molar-refractivity contribution in [2.45, 2.75) is 11.4 Å². The van der Waals surface area contributed by atoms with Crippen molar-refractivity contribution in [1.82, 2.24) is 19.5 Å². The van der Waals surface area contributed by atoms with Gasteiger partial charge in [0.15, 0.2) is 5.65 Å². The number of aromatic nitrogens is 3. The molecule has 30 heavy (non-hydrogen) atoms. The van der Waals surface area contributed by atoms with E-state index in [1.807, 2.05) is 60.7 Å². The number of carbonyl (C=O) groups excluding carboxylic acids is 1. The molecular weight excluding hydrogens is 398 g/mol. The lowest BCUT2D eigenvalue weighted by Crippen LogP contribution is -2.30. The molecule has 4 rings (SSSR count). The Kier molecular flexibility index (Phi) is 6.14. The zero-order chi connectivity index (χ0) is 20.8. The number of urea groups is 1. The molecule has 2 aromatic heterocycles. The maximum absolute atomic E-state index is 12.4. The van der Waals surface area contributed by atoms with E-state index in [0.29, 0.717) is 24.4 Å². The van der Waals surface area contributed by atoms with E-state index in [1.165, 1.54) is 14.0 Å². The number of nitrogens with zero attached hydrogens (tertiary/aromatic N) is 3. The SMILES string of the molecule is O=C(NCCSc1ccccc1)Nc1cccc(Cn2nc3ccccn3c2=O)c1. The number of carbonyl (C=O) groups is 1. The second kappa shape index (κ2) is 9.32. The number of thioether (sulfide) groups is 1. The van der Waals surface area contributed by atoms with Crippen LogP contribution >= 0.6 is 11.8 Å². The Morgan fingerprint density at radius 3 is 2.67 bits per heavy atom. The van der Waals surface area contributed by atoms with Crippen LogP contribution in [0.15, 0.2) is 88.7 Å². The average Bonchev–Trinajstić information content (AvgIpc) is 3.08. The highest BCUT2D eigenvalue weighted by molar-refractivity contribution is 7.99. The lowest BCUT2D eigenvalue weighted by molar-refractivity contribution is 0.252. The minimum atomic E-state index is -0.259. The smallest absolute Gasteiger partial charge is 0.337 e. The molecule has 0 atom stereocenters. The summed E-state index contributed by atoms with van der Waals surface area (Å²) in [5.74, 6) is 0.786. The van der Waals surface area contributed by atoms with Crippen molar-refractivity contribution in [1.29, 1.82) is 0 Å². The normalized spacial score (nSPS) is 10.8. The molecule has 0 bridgehead atoms. The topological polar surface area (TPSA) is 80.4 Å². The van der Waals surface area contributed by atoms with E-state index in [4.69, 9.17) is 0 Å². The second-order valence-corrected chi connectivity index (χ2v) is 7.78. The molecule has 2 N–H and O–H groups in total. The summed E-state index contributed by atoms with van der Waals surface area (Å²) in [4.78, 5) is 25.8. The molecule has 0 unspecified atom stereocenters. The van der Waals surface area contributed by atoms with Crippen molar-refractivity contribution in [2.24, 2.45) is 0 Å². The van der Waals surface area contributed by atoms with Gasteiger partial charge in [-0.15, -0.1) is 16.9 Å². The summed E-state index contributed by atoms with van der Waals surface area (Å²) in [7, 11) is 0. The summed E-state index contributed by atoms with van der Waals surface area (Å²) in [6.45, 7) is 0.882. The van der Waals surface area contributed by atoms with Gasteiger partial charge < -0.3 is 10.6 Å². The van der Waals surface area contributed by atoms with Gasteiger partial charge >= 0.3 is 11.7 Å². The van der Waals surface area contributed by atoms with Gasteiger partial charge in [-0.2, -0.15) is 0 Å². The molecule has 0 saturated heterocycles. The van der Waals surface area contributed by atoms with Crippen molar-refractivity contribution >= 4 is 29.1 Å². The number of hydrogen-bond donors (Lipinski definition) is 2. The van der Waals surface area contributed by atoms with Crippen molar-refractivity contribution in [3.8, 4) is 0 Å². The number of benzene rings is 2. The Hall–Kier alpha value is -3.52. The first-order valence-electron chi connectivity index (χ1n) is 9.55. The number of rotatable bonds is 7. The molecule has 0 aliphatic heterocycles. The van der Waals surface area contributed by atoms with Gasteiger partial charge in [0.2, 0.25) is 0 Å². The fourth-order valence-electron chi connectivity index (χ4n) is 3.02. The molecule has 2 amide bonds. The zero-order valence-corrected chi connectivity index (χ0v) is 17.0. The maximum Gasteiger partial charge on any atom is 0.350 e. The summed E-state index contributed by atoms with van der Waals surface area (Å²) in [6, 6.07) is 22.6.